The highest BCUT2D eigenvalue weighted by molar-refractivity contribution is 6.34. The van der Waals surface area contributed by atoms with Crippen molar-refractivity contribution in [3.8, 4) is 0 Å². The lowest BCUT2D eigenvalue weighted by Gasteiger charge is -2.09. The molecule has 9 heteroatoms. The summed E-state index contributed by atoms with van der Waals surface area (Å²) in [6.45, 7) is 2.72. The first-order valence-corrected chi connectivity index (χ1v) is 7.22. The van der Waals surface area contributed by atoms with Crippen molar-refractivity contribution < 1.29 is 18.0 Å². The van der Waals surface area contributed by atoms with Gasteiger partial charge < -0.3 is 5.32 Å². The molecule has 1 N–H and O–H groups in total. The molecule has 23 heavy (non-hydrogen) atoms. The van der Waals surface area contributed by atoms with Gasteiger partial charge in [0.05, 0.1) is 21.4 Å². The summed E-state index contributed by atoms with van der Waals surface area (Å²) in [5.74, 6) is -0.562. The van der Waals surface area contributed by atoms with Crippen molar-refractivity contribution in [2.75, 3.05) is 5.32 Å². The third-order valence-electron chi connectivity index (χ3n) is 3.16. The first-order chi connectivity index (χ1) is 10.6. The summed E-state index contributed by atoms with van der Waals surface area (Å²) >= 11 is 11.7. The van der Waals surface area contributed by atoms with Crippen LogP contribution in [0.15, 0.2) is 18.2 Å². The number of alkyl halides is 3. The minimum atomic E-state index is -4.68. The molecule has 0 fully saturated rings. The molecule has 1 aromatic carbocycles. The number of hydrogen-bond acceptors (Lipinski definition) is 2. The van der Waals surface area contributed by atoms with Crippen LogP contribution < -0.4 is 5.32 Å². The van der Waals surface area contributed by atoms with E-state index in [9.17, 15) is 18.0 Å². The number of aryl methyl sites for hydroxylation is 1. The molecule has 2 rings (SSSR count). The van der Waals surface area contributed by atoms with Crippen LogP contribution in [0.3, 0.4) is 0 Å². The van der Waals surface area contributed by atoms with Crippen molar-refractivity contribution in [3.63, 3.8) is 0 Å². The molecule has 0 saturated carbocycles. The predicted octanol–water partition coefficient (Wildman–Crippen LogP) is 4.46. The summed E-state index contributed by atoms with van der Waals surface area (Å²) in [6, 6.07) is 5.07. The van der Waals surface area contributed by atoms with E-state index in [2.05, 4.69) is 10.4 Å². The topological polar surface area (TPSA) is 46.9 Å². The van der Waals surface area contributed by atoms with Gasteiger partial charge in [-0.05, 0) is 25.5 Å². The second-order valence-electron chi connectivity index (χ2n) is 4.89. The highest BCUT2D eigenvalue weighted by Gasteiger charge is 2.38. The number of benzene rings is 1. The first kappa shape index (κ1) is 17.6. The van der Waals surface area contributed by atoms with Crippen LogP contribution in [0.25, 0.3) is 0 Å². The standard InChI is InChI=1S/C14H12Cl2F3N3O/c1-7-4-3-5-9(11(7)15)20-10(23)6-22-8(2)12(16)13(21-22)14(17,18)19/h3-5H,6H2,1-2H3,(H,20,23). The van der Waals surface area contributed by atoms with E-state index < -0.39 is 29.3 Å². The molecule has 1 amide bonds. The van der Waals surface area contributed by atoms with Gasteiger partial charge in [-0.2, -0.15) is 18.3 Å². The van der Waals surface area contributed by atoms with Crippen molar-refractivity contribution in [3.05, 3.63) is 45.2 Å². The van der Waals surface area contributed by atoms with E-state index in [1.54, 1.807) is 25.1 Å². The van der Waals surface area contributed by atoms with Crippen LogP contribution in [-0.4, -0.2) is 15.7 Å². The van der Waals surface area contributed by atoms with E-state index in [1.807, 2.05) is 0 Å². The zero-order valence-corrected chi connectivity index (χ0v) is 13.6. The largest absolute Gasteiger partial charge is 0.436 e. The van der Waals surface area contributed by atoms with Crippen molar-refractivity contribution >= 4 is 34.8 Å². The summed E-state index contributed by atoms with van der Waals surface area (Å²) in [5, 5.41) is 5.76. The van der Waals surface area contributed by atoms with Crippen LogP contribution in [0, 0.1) is 13.8 Å². The number of halogens is 5. The lowest BCUT2D eigenvalue weighted by Crippen LogP contribution is -2.21. The minimum absolute atomic E-state index is 0.0597. The smallest absolute Gasteiger partial charge is 0.323 e. The third-order valence-corrected chi connectivity index (χ3v) is 4.12. The maximum Gasteiger partial charge on any atom is 0.436 e. The average Bonchev–Trinajstić information content (AvgIpc) is 2.72. The number of rotatable bonds is 3. The molecule has 4 nitrogen and oxygen atoms in total. The van der Waals surface area contributed by atoms with E-state index in [4.69, 9.17) is 23.2 Å². The number of carbonyl (C=O) groups is 1. The Morgan fingerprint density at radius 3 is 2.48 bits per heavy atom. The fourth-order valence-corrected chi connectivity index (χ4v) is 2.34. The Balaban J connectivity index is 2.20. The molecule has 0 aliphatic rings. The van der Waals surface area contributed by atoms with Gasteiger partial charge in [0.2, 0.25) is 5.91 Å². The van der Waals surface area contributed by atoms with Crippen LogP contribution in [0.1, 0.15) is 17.0 Å². The molecule has 2 aromatic rings. The number of nitrogens with zero attached hydrogens (tertiary/aromatic N) is 2. The van der Waals surface area contributed by atoms with Crippen molar-refractivity contribution in [1.82, 2.24) is 9.78 Å². The summed E-state index contributed by atoms with van der Waals surface area (Å²) < 4.78 is 39.1. The molecule has 1 aromatic heterocycles. The maximum absolute atomic E-state index is 12.7. The van der Waals surface area contributed by atoms with E-state index in [-0.39, 0.29) is 5.69 Å². The lowest BCUT2D eigenvalue weighted by molar-refractivity contribution is -0.141. The van der Waals surface area contributed by atoms with Crippen LogP contribution in [0.2, 0.25) is 10.0 Å². The zero-order valence-electron chi connectivity index (χ0n) is 12.1. The Kier molecular flexibility index (Phi) is 4.91. The van der Waals surface area contributed by atoms with Gasteiger partial charge in [-0.1, -0.05) is 35.3 Å². The average molecular weight is 366 g/mol. The van der Waals surface area contributed by atoms with Crippen molar-refractivity contribution in [2.24, 2.45) is 0 Å². The molecular weight excluding hydrogens is 354 g/mol. The van der Waals surface area contributed by atoms with Gasteiger partial charge in [0.25, 0.3) is 0 Å². The monoisotopic (exact) mass is 365 g/mol. The lowest BCUT2D eigenvalue weighted by atomic mass is 10.2. The fraction of sp³-hybridized carbons (Fsp3) is 0.286. The van der Waals surface area contributed by atoms with Gasteiger partial charge >= 0.3 is 6.18 Å². The fourth-order valence-electron chi connectivity index (χ4n) is 1.93. The molecule has 1 heterocycles. The Hall–Kier alpha value is -1.73. The van der Waals surface area contributed by atoms with Gasteiger partial charge in [0.1, 0.15) is 6.54 Å². The van der Waals surface area contributed by atoms with Gasteiger partial charge in [-0.15, -0.1) is 0 Å². The summed E-state index contributed by atoms with van der Waals surface area (Å²) in [7, 11) is 0. The predicted molar refractivity (Wildman–Crippen MR) is 81.8 cm³/mol. The normalized spacial score (nSPS) is 11.6. The van der Waals surface area contributed by atoms with Gasteiger partial charge in [-0.3, -0.25) is 9.48 Å². The molecule has 0 aliphatic heterocycles. The Labute approximate surface area is 140 Å². The molecular formula is C14H12Cl2F3N3O. The SMILES string of the molecule is Cc1cccc(NC(=O)Cn2nc(C(F)(F)F)c(Cl)c2C)c1Cl. The van der Waals surface area contributed by atoms with Crippen molar-refractivity contribution in [1.29, 1.82) is 0 Å². The Bertz CT molecular complexity index is 756. The van der Waals surface area contributed by atoms with E-state index >= 15 is 0 Å². The zero-order chi connectivity index (χ0) is 17.4. The highest BCUT2D eigenvalue weighted by Crippen LogP contribution is 2.35. The van der Waals surface area contributed by atoms with E-state index in [0.717, 1.165) is 10.2 Å². The highest BCUT2D eigenvalue weighted by atomic mass is 35.5. The molecule has 124 valence electrons. The van der Waals surface area contributed by atoms with E-state index in [1.165, 1.54) is 6.92 Å². The third kappa shape index (κ3) is 3.79. The summed E-state index contributed by atoms with van der Waals surface area (Å²) in [5.41, 5.74) is -0.00621. The van der Waals surface area contributed by atoms with Crippen LogP contribution in [0.5, 0.6) is 0 Å². The van der Waals surface area contributed by atoms with Crippen LogP contribution in [-0.2, 0) is 17.5 Å². The second-order valence-corrected chi connectivity index (χ2v) is 5.64. The Morgan fingerprint density at radius 2 is 1.91 bits per heavy atom. The Morgan fingerprint density at radius 1 is 1.26 bits per heavy atom. The first-order valence-electron chi connectivity index (χ1n) is 6.46. The molecule has 0 atom stereocenters. The number of anilines is 1. The number of amides is 1. The molecule has 0 aliphatic carbocycles. The van der Waals surface area contributed by atoms with Gasteiger partial charge in [0, 0.05) is 0 Å². The number of carbonyl (C=O) groups excluding carboxylic acids is 1. The molecule has 0 unspecified atom stereocenters. The van der Waals surface area contributed by atoms with Crippen LogP contribution in [0.4, 0.5) is 18.9 Å². The van der Waals surface area contributed by atoms with Crippen molar-refractivity contribution in [2.45, 2.75) is 26.6 Å². The van der Waals surface area contributed by atoms with Crippen LogP contribution >= 0.6 is 23.2 Å². The molecule has 0 spiro atoms. The van der Waals surface area contributed by atoms with Gasteiger partial charge in [-0.25, -0.2) is 0 Å². The maximum atomic E-state index is 12.7. The second kappa shape index (κ2) is 6.41. The van der Waals surface area contributed by atoms with Gasteiger partial charge in [0.15, 0.2) is 5.69 Å². The quantitative estimate of drug-likeness (QED) is 0.872. The molecule has 0 radical (unpaired) electrons. The molecule has 0 saturated heterocycles. The summed E-state index contributed by atoms with van der Waals surface area (Å²) in [6.07, 6.45) is -4.68. The number of aromatic nitrogens is 2. The summed E-state index contributed by atoms with van der Waals surface area (Å²) in [4.78, 5) is 12.0. The number of nitrogens with one attached hydrogen (secondary N) is 1. The number of hydrogen-bond donors (Lipinski definition) is 1. The minimum Gasteiger partial charge on any atom is -0.323 e. The molecule has 0 bridgehead atoms. The van der Waals surface area contributed by atoms with E-state index in [0.29, 0.717) is 10.7 Å².